The normalized spacial score (nSPS) is 20.3. The van der Waals surface area contributed by atoms with Gasteiger partial charge in [-0.1, -0.05) is 12.0 Å². The highest BCUT2D eigenvalue weighted by Crippen LogP contribution is 2.31. The standard InChI is InChI=1S/C26H27N5O/c1-4-18-6-5-7-21(11-18)29-26-22-12-20(17(2)10-23(22)27-16-28-26)13-25(32)31-14-19-8-9-30(3)24(19)15-31/h1,5-7,10-12,16,19,24H,8-9,13-15H2,2-3H3,(H,27,28,29)/t19-,24+/m1/s1. The predicted octanol–water partition coefficient (Wildman–Crippen LogP) is 3.37. The first-order chi connectivity index (χ1) is 15.5. The molecule has 2 atom stereocenters. The highest BCUT2D eigenvalue weighted by molar-refractivity contribution is 5.92. The van der Waals surface area contributed by atoms with Crippen molar-refractivity contribution in [1.82, 2.24) is 19.8 Å². The van der Waals surface area contributed by atoms with Gasteiger partial charge in [0.1, 0.15) is 12.1 Å². The first-order valence-corrected chi connectivity index (χ1v) is 11.1. The number of rotatable bonds is 4. The van der Waals surface area contributed by atoms with Crippen molar-refractivity contribution in [3.05, 3.63) is 59.4 Å². The molecular weight excluding hydrogens is 398 g/mol. The molecule has 1 aromatic heterocycles. The van der Waals surface area contributed by atoms with Crippen molar-refractivity contribution in [2.75, 3.05) is 32.0 Å². The number of aryl methyl sites for hydroxylation is 1. The van der Waals surface area contributed by atoms with E-state index in [0.717, 1.165) is 52.9 Å². The highest BCUT2D eigenvalue weighted by Gasteiger charge is 2.41. The SMILES string of the molecule is C#Cc1cccc(Nc2ncnc3cc(C)c(CC(=O)N4C[C@H]5CCN(C)[C@H]5C4)cc23)c1. The number of benzene rings is 2. The largest absolute Gasteiger partial charge is 0.340 e. The van der Waals surface area contributed by atoms with E-state index in [0.29, 0.717) is 24.2 Å². The van der Waals surface area contributed by atoms with Gasteiger partial charge in [-0.3, -0.25) is 4.79 Å². The Morgan fingerprint density at radius 3 is 2.94 bits per heavy atom. The minimum absolute atomic E-state index is 0.198. The van der Waals surface area contributed by atoms with Gasteiger partial charge in [0.15, 0.2) is 0 Å². The zero-order chi connectivity index (χ0) is 22.2. The number of aromatic nitrogens is 2. The summed E-state index contributed by atoms with van der Waals surface area (Å²) < 4.78 is 0. The molecule has 0 unspecified atom stereocenters. The van der Waals surface area contributed by atoms with Gasteiger partial charge < -0.3 is 15.1 Å². The van der Waals surface area contributed by atoms with Crippen LogP contribution >= 0.6 is 0 Å². The van der Waals surface area contributed by atoms with Crippen LogP contribution in [0.25, 0.3) is 10.9 Å². The van der Waals surface area contributed by atoms with Gasteiger partial charge in [0.2, 0.25) is 5.91 Å². The molecule has 2 aromatic carbocycles. The first-order valence-electron chi connectivity index (χ1n) is 11.1. The van der Waals surface area contributed by atoms with Gasteiger partial charge in [-0.15, -0.1) is 6.42 Å². The quantitative estimate of drug-likeness (QED) is 0.650. The summed E-state index contributed by atoms with van der Waals surface area (Å²) in [5.41, 5.74) is 4.61. The maximum Gasteiger partial charge on any atom is 0.227 e. The molecule has 2 aliphatic rings. The molecule has 162 valence electrons. The average molecular weight is 426 g/mol. The van der Waals surface area contributed by atoms with Gasteiger partial charge in [0.25, 0.3) is 0 Å². The number of likely N-dealkylation sites (tertiary alicyclic amines) is 2. The average Bonchev–Trinajstić information content (AvgIpc) is 3.37. The first kappa shape index (κ1) is 20.5. The summed E-state index contributed by atoms with van der Waals surface area (Å²) in [6.45, 7) is 4.90. The lowest BCUT2D eigenvalue weighted by Crippen LogP contribution is -2.35. The van der Waals surface area contributed by atoms with Crippen molar-refractivity contribution in [3.63, 3.8) is 0 Å². The van der Waals surface area contributed by atoms with Crippen molar-refractivity contribution in [1.29, 1.82) is 0 Å². The molecule has 6 heteroatoms. The fourth-order valence-corrected chi connectivity index (χ4v) is 5.02. The summed E-state index contributed by atoms with van der Waals surface area (Å²) in [5, 5.41) is 4.25. The fraction of sp³-hybridized carbons (Fsp3) is 0.346. The molecule has 3 aromatic rings. The second-order valence-corrected chi connectivity index (χ2v) is 8.94. The van der Waals surface area contributed by atoms with Crippen LogP contribution in [0.4, 0.5) is 11.5 Å². The smallest absolute Gasteiger partial charge is 0.227 e. The Kier molecular flexibility index (Phi) is 5.28. The third-order valence-electron chi connectivity index (χ3n) is 6.90. The van der Waals surface area contributed by atoms with Crippen molar-refractivity contribution in [2.45, 2.75) is 25.8 Å². The molecule has 5 rings (SSSR count). The van der Waals surface area contributed by atoms with Crippen LogP contribution in [-0.2, 0) is 11.2 Å². The Morgan fingerprint density at radius 2 is 2.12 bits per heavy atom. The van der Waals surface area contributed by atoms with E-state index in [9.17, 15) is 4.79 Å². The Morgan fingerprint density at radius 1 is 1.25 bits per heavy atom. The minimum Gasteiger partial charge on any atom is -0.340 e. The summed E-state index contributed by atoms with van der Waals surface area (Å²) in [5.74, 6) is 4.17. The van der Waals surface area contributed by atoms with E-state index >= 15 is 0 Å². The number of amides is 1. The van der Waals surface area contributed by atoms with Crippen LogP contribution in [0.5, 0.6) is 0 Å². The third-order valence-corrected chi connectivity index (χ3v) is 6.90. The highest BCUT2D eigenvalue weighted by atomic mass is 16.2. The van der Waals surface area contributed by atoms with Gasteiger partial charge in [-0.2, -0.15) is 0 Å². The Labute approximate surface area is 188 Å². The molecule has 0 saturated carbocycles. The second-order valence-electron chi connectivity index (χ2n) is 8.94. The van der Waals surface area contributed by atoms with E-state index in [1.165, 1.54) is 6.42 Å². The summed E-state index contributed by atoms with van der Waals surface area (Å²) in [7, 11) is 2.17. The number of nitrogens with zero attached hydrogens (tertiary/aromatic N) is 4. The summed E-state index contributed by atoms with van der Waals surface area (Å²) in [6.07, 6.45) is 8.67. The Hall–Kier alpha value is -3.43. The lowest BCUT2D eigenvalue weighted by Gasteiger charge is -2.21. The minimum atomic E-state index is 0.198. The number of hydrogen-bond donors (Lipinski definition) is 1. The van der Waals surface area contributed by atoms with Gasteiger partial charge in [-0.05, 0) is 74.3 Å². The van der Waals surface area contributed by atoms with E-state index in [1.54, 1.807) is 6.33 Å². The number of anilines is 2. The number of carbonyl (C=O) groups is 1. The molecule has 0 radical (unpaired) electrons. The summed E-state index contributed by atoms with van der Waals surface area (Å²) in [6, 6.07) is 12.3. The molecule has 3 heterocycles. The number of fused-ring (bicyclic) bond motifs is 2. The Bertz CT molecular complexity index is 1230. The van der Waals surface area contributed by atoms with Crippen LogP contribution in [0, 0.1) is 25.2 Å². The lowest BCUT2D eigenvalue weighted by molar-refractivity contribution is -0.129. The van der Waals surface area contributed by atoms with Crippen molar-refractivity contribution >= 4 is 28.3 Å². The summed E-state index contributed by atoms with van der Waals surface area (Å²) in [4.78, 5) is 26.5. The second kappa shape index (κ2) is 8.25. The lowest BCUT2D eigenvalue weighted by atomic mass is 10.0. The Balaban J connectivity index is 1.40. The van der Waals surface area contributed by atoms with Gasteiger partial charge in [0, 0.05) is 35.8 Å². The molecule has 2 saturated heterocycles. The maximum absolute atomic E-state index is 13.1. The number of terminal acetylenes is 1. The number of likely N-dealkylation sites (N-methyl/N-ethyl adjacent to an activating group) is 1. The van der Waals surface area contributed by atoms with Gasteiger partial charge in [0.05, 0.1) is 11.9 Å². The van der Waals surface area contributed by atoms with Crippen LogP contribution < -0.4 is 5.32 Å². The predicted molar refractivity (Wildman–Crippen MR) is 127 cm³/mol. The van der Waals surface area contributed by atoms with Crippen LogP contribution in [0.15, 0.2) is 42.7 Å². The molecule has 0 aliphatic carbocycles. The topological polar surface area (TPSA) is 61.4 Å². The van der Waals surface area contributed by atoms with E-state index in [-0.39, 0.29) is 5.91 Å². The number of hydrogen-bond acceptors (Lipinski definition) is 5. The monoisotopic (exact) mass is 425 g/mol. The molecular formula is C26H27N5O. The molecule has 32 heavy (non-hydrogen) atoms. The van der Waals surface area contributed by atoms with Crippen molar-refractivity contribution in [2.24, 2.45) is 5.92 Å². The number of nitrogens with one attached hydrogen (secondary N) is 1. The van der Waals surface area contributed by atoms with Crippen LogP contribution in [0.1, 0.15) is 23.1 Å². The zero-order valence-corrected chi connectivity index (χ0v) is 18.5. The van der Waals surface area contributed by atoms with Crippen molar-refractivity contribution < 1.29 is 4.79 Å². The molecule has 2 fully saturated rings. The van der Waals surface area contributed by atoms with E-state index in [2.05, 4.69) is 39.2 Å². The molecule has 0 spiro atoms. The van der Waals surface area contributed by atoms with Crippen molar-refractivity contribution in [3.8, 4) is 12.3 Å². The van der Waals surface area contributed by atoms with Crippen LogP contribution in [-0.4, -0.2) is 58.4 Å². The number of carbonyl (C=O) groups excluding carboxylic acids is 1. The zero-order valence-electron chi connectivity index (χ0n) is 18.5. The maximum atomic E-state index is 13.1. The molecule has 1 amide bonds. The van der Waals surface area contributed by atoms with Crippen LogP contribution in [0.2, 0.25) is 0 Å². The fourth-order valence-electron chi connectivity index (χ4n) is 5.02. The molecule has 6 nitrogen and oxygen atoms in total. The third kappa shape index (κ3) is 3.80. The van der Waals surface area contributed by atoms with Gasteiger partial charge in [-0.25, -0.2) is 9.97 Å². The van der Waals surface area contributed by atoms with Gasteiger partial charge >= 0.3 is 0 Å². The van der Waals surface area contributed by atoms with Crippen LogP contribution in [0.3, 0.4) is 0 Å². The molecule has 0 bridgehead atoms. The van der Waals surface area contributed by atoms with E-state index in [4.69, 9.17) is 6.42 Å². The van der Waals surface area contributed by atoms with E-state index in [1.807, 2.05) is 42.2 Å². The molecule has 2 aliphatic heterocycles. The molecule has 1 N–H and O–H groups in total. The van der Waals surface area contributed by atoms with E-state index < -0.39 is 0 Å². The summed E-state index contributed by atoms with van der Waals surface area (Å²) >= 11 is 0.